The van der Waals surface area contributed by atoms with E-state index < -0.39 is 285 Å². The molecule has 0 spiro atoms. The Morgan fingerprint density at radius 3 is 0.989 bits per heavy atom. The molecule has 0 aromatic carbocycles. The van der Waals surface area contributed by atoms with Gasteiger partial charge in [-0.1, -0.05) is 0 Å². The predicted molar refractivity (Wildman–Crippen MR) is 278 cm³/mol. The molecule has 23 N–H and O–H groups in total. The van der Waals surface area contributed by atoms with E-state index in [0.717, 1.165) is 27.7 Å². The maximum Gasteiger partial charge on any atom is 0.217 e. The molecule has 0 aromatic heterocycles. The standard InChI is InChI=1S/C50H84N4O36/c1-12(61)51-23-32(70)39(18(7-57)79-44(23)77)86-47-26(54-15(4)64)33(71)40(19(8-58)82-47)89-50-38(76)43(90-49-37(75)35(73)42(21(10-60)84-49)88-46-25(53-14(3)63)31(69)28(66)17(6-56)81-46)29(67)22(85-50)11-78-48-36(74)34(72)41(20(9-59)83-48)87-45-24(52-13(2)62)30(68)27(65)16(5-55)80-45/h16-50,55-60,65-77H,5-11H2,1-4H3,(H,51,61)(H,52,62)(H,53,63)(H,54,64)/t16-,17-,18-,19-,20-,21-,22-,23-,24-,25-,26-,27-,28-,29-,30-,31-,32-,33-,34-,35-,36+,37+,38+,39-,40-,41-,42-,43+,44?,45?,46?,47?,48?,49?,50?/m1/s1. The van der Waals surface area contributed by atoms with Crippen LogP contribution in [0.4, 0.5) is 0 Å². The highest BCUT2D eigenvalue weighted by atomic mass is 16.8. The number of amides is 4. The quantitative estimate of drug-likeness (QED) is 0.0452. The van der Waals surface area contributed by atoms with Crippen LogP contribution in [0.3, 0.4) is 0 Å². The summed E-state index contributed by atoms with van der Waals surface area (Å²) in [7, 11) is 0. The van der Waals surface area contributed by atoms with Crippen molar-refractivity contribution in [1.29, 1.82) is 0 Å². The zero-order chi connectivity index (χ0) is 66.5. The Balaban J connectivity index is 1.16. The summed E-state index contributed by atoms with van der Waals surface area (Å²) in [6.45, 7) is -2.87. The summed E-state index contributed by atoms with van der Waals surface area (Å²) in [5.74, 6) is -3.14. The molecule has 0 aliphatic carbocycles. The van der Waals surface area contributed by atoms with Gasteiger partial charge in [0.15, 0.2) is 44.0 Å². The van der Waals surface area contributed by atoms with Crippen LogP contribution in [0.1, 0.15) is 27.7 Å². The second-order valence-electron chi connectivity index (χ2n) is 22.5. The van der Waals surface area contributed by atoms with E-state index in [0.29, 0.717) is 0 Å². The molecule has 40 heteroatoms. The van der Waals surface area contributed by atoms with Crippen LogP contribution in [0.15, 0.2) is 0 Å². The Kier molecular flexibility index (Phi) is 26.6. The van der Waals surface area contributed by atoms with Crippen molar-refractivity contribution in [3.8, 4) is 0 Å². The molecule has 0 aromatic rings. The summed E-state index contributed by atoms with van der Waals surface area (Å²) in [5.41, 5.74) is 0. The summed E-state index contributed by atoms with van der Waals surface area (Å²) < 4.78 is 75.5. The number of nitrogens with one attached hydrogen (secondary N) is 4. The van der Waals surface area contributed by atoms with Crippen LogP contribution in [-0.4, -0.2) is 382 Å². The van der Waals surface area contributed by atoms with Crippen LogP contribution in [0.2, 0.25) is 0 Å². The van der Waals surface area contributed by atoms with Gasteiger partial charge in [0.25, 0.3) is 0 Å². The molecule has 7 saturated heterocycles. The Morgan fingerprint density at radius 2 is 0.578 bits per heavy atom. The van der Waals surface area contributed by atoms with Crippen molar-refractivity contribution in [2.45, 2.75) is 242 Å². The van der Waals surface area contributed by atoms with Crippen molar-refractivity contribution < 1.29 is 178 Å². The topological polar surface area (TPSA) is 621 Å². The summed E-state index contributed by atoms with van der Waals surface area (Å²) in [5, 5.41) is 218. The zero-order valence-electron chi connectivity index (χ0n) is 48.6. The number of carbonyl (C=O) groups is 4. The van der Waals surface area contributed by atoms with Crippen LogP contribution in [0, 0.1) is 0 Å². The minimum atomic E-state index is -2.39. The van der Waals surface area contributed by atoms with E-state index >= 15 is 0 Å². The molecular formula is C50H84N4O36. The highest BCUT2D eigenvalue weighted by Gasteiger charge is 2.59. The fraction of sp³-hybridized carbons (Fsp3) is 0.920. The average molecular weight is 1320 g/mol. The summed E-state index contributed by atoms with van der Waals surface area (Å²) in [6.07, 6.45) is -60.4. The van der Waals surface area contributed by atoms with Gasteiger partial charge in [-0.15, -0.1) is 0 Å². The third-order valence-corrected chi connectivity index (χ3v) is 16.1. The molecule has 7 heterocycles. The SMILES string of the molecule is CC(=O)N[C@H]1C(O[C@H]2[C@H](O)[C@H](O)C(OC[C@H]3OC(O[C@H]4[C@H](O)[C@@H](NC(C)=O)C(O[C@H]5[C@H](O)[C@@H](NC(C)=O)C(O)O[C@@H]5CO)O[C@@H]4CO)[C@@H](O)[C@@H](OC4O[C@H](CO)[C@@H](OC5O[C@H](CO)[C@@H](O)[C@H](O)[C@H]5NC(C)=O)[C@H](O)[C@@H]4O)[C@@H]3O)O[C@@H]2CO)O[C@H](CO)[C@@H](O)[C@@H]1O. The third kappa shape index (κ3) is 16.4. The van der Waals surface area contributed by atoms with Gasteiger partial charge >= 0.3 is 0 Å². The first kappa shape index (κ1) is 74.0. The van der Waals surface area contributed by atoms with Gasteiger partial charge in [-0.2, -0.15) is 0 Å². The highest BCUT2D eigenvalue weighted by molar-refractivity contribution is 5.74. The maximum atomic E-state index is 12.7. The Bertz CT molecular complexity index is 2310. The van der Waals surface area contributed by atoms with Gasteiger partial charge in [-0.3, -0.25) is 19.2 Å². The Hall–Kier alpha value is -3.40. The van der Waals surface area contributed by atoms with Crippen LogP contribution in [0.5, 0.6) is 0 Å². The fourth-order valence-corrected chi connectivity index (χ4v) is 11.5. The fourth-order valence-electron chi connectivity index (χ4n) is 11.5. The van der Waals surface area contributed by atoms with E-state index in [-0.39, 0.29) is 0 Å². The molecule has 7 unspecified atom stereocenters. The third-order valence-electron chi connectivity index (χ3n) is 16.1. The number of hydrogen-bond donors (Lipinski definition) is 23. The first-order chi connectivity index (χ1) is 42.5. The lowest BCUT2D eigenvalue weighted by Gasteiger charge is -2.50. The van der Waals surface area contributed by atoms with E-state index in [2.05, 4.69) is 21.3 Å². The van der Waals surface area contributed by atoms with Crippen LogP contribution < -0.4 is 21.3 Å². The lowest BCUT2D eigenvalue weighted by molar-refractivity contribution is -0.390. The molecule has 0 saturated carbocycles. The van der Waals surface area contributed by atoms with Crippen molar-refractivity contribution in [3.63, 3.8) is 0 Å². The molecule has 7 rings (SSSR count). The smallest absolute Gasteiger partial charge is 0.217 e. The molecule has 520 valence electrons. The number of aliphatic hydroxyl groups excluding tert-OH is 19. The summed E-state index contributed by atoms with van der Waals surface area (Å²) in [4.78, 5) is 49.0. The maximum absolute atomic E-state index is 12.7. The van der Waals surface area contributed by atoms with Gasteiger partial charge in [-0.25, -0.2) is 0 Å². The molecular weight excluding hydrogens is 1230 g/mol. The number of ether oxygens (including phenoxy) is 13. The molecule has 35 atom stereocenters. The monoisotopic (exact) mass is 1320 g/mol. The van der Waals surface area contributed by atoms with Crippen molar-refractivity contribution in [3.05, 3.63) is 0 Å². The van der Waals surface area contributed by atoms with E-state index in [9.17, 15) is 116 Å². The molecule has 90 heavy (non-hydrogen) atoms. The van der Waals surface area contributed by atoms with Gasteiger partial charge in [0.05, 0.1) is 46.2 Å². The second-order valence-corrected chi connectivity index (χ2v) is 22.5. The van der Waals surface area contributed by atoms with E-state index in [4.69, 9.17) is 61.6 Å². The zero-order valence-corrected chi connectivity index (χ0v) is 48.6. The molecule has 0 radical (unpaired) electrons. The Labute approximate surface area is 510 Å². The van der Waals surface area contributed by atoms with Crippen LogP contribution >= 0.6 is 0 Å². The second kappa shape index (κ2) is 32.4. The van der Waals surface area contributed by atoms with Gasteiger partial charge < -0.3 is 180 Å². The first-order valence-electron chi connectivity index (χ1n) is 28.6. The number of aliphatic hydroxyl groups is 19. The van der Waals surface area contributed by atoms with Gasteiger partial charge in [-0.05, 0) is 0 Å². The summed E-state index contributed by atoms with van der Waals surface area (Å²) in [6, 6.07) is -6.58. The van der Waals surface area contributed by atoms with Gasteiger partial charge in [0, 0.05) is 27.7 Å². The van der Waals surface area contributed by atoms with Crippen molar-refractivity contribution >= 4 is 23.6 Å². The average Bonchev–Trinajstić information content (AvgIpc) is 0.982. The molecule has 7 aliphatic rings. The van der Waals surface area contributed by atoms with Gasteiger partial charge in [0.1, 0.15) is 171 Å². The summed E-state index contributed by atoms with van der Waals surface area (Å²) >= 11 is 0. The van der Waals surface area contributed by atoms with Crippen molar-refractivity contribution in [1.82, 2.24) is 21.3 Å². The minimum absolute atomic E-state index is 0.743. The first-order valence-corrected chi connectivity index (χ1v) is 28.6. The van der Waals surface area contributed by atoms with Crippen molar-refractivity contribution in [2.75, 3.05) is 46.2 Å². The van der Waals surface area contributed by atoms with E-state index in [1.807, 2.05) is 0 Å². The number of carbonyl (C=O) groups excluding carboxylic acids is 4. The Morgan fingerprint density at radius 1 is 0.289 bits per heavy atom. The molecule has 40 nitrogen and oxygen atoms in total. The lowest BCUT2D eigenvalue weighted by atomic mass is 9.94. The van der Waals surface area contributed by atoms with E-state index in [1.165, 1.54) is 0 Å². The van der Waals surface area contributed by atoms with Crippen molar-refractivity contribution in [2.24, 2.45) is 0 Å². The largest absolute Gasteiger partial charge is 0.394 e. The molecule has 4 amide bonds. The molecule has 7 fully saturated rings. The normalized spacial score (nSPS) is 47.6. The lowest BCUT2D eigenvalue weighted by Crippen LogP contribution is -2.70. The van der Waals surface area contributed by atoms with Gasteiger partial charge in [0.2, 0.25) is 23.6 Å². The number of hydrogen-bond acceptors (Lipinski definition) is 36. The highest BCUT2D eigenvalue weighted by Crippen LogP contribution is 2.37. The number of rotatable bonds is 23. The van der Waals surface area contributed by atoms with Crippen LogP contribution in [0.25, 0.3) is 0 Å². The molecule has 0 bridgehead atoms. The minimum Gasteiger partial charge on any atom is -0.394 e. The van der Waals surface area contributed by atoms with Crippen LogP contribution in [-0.2, 0) is 80.8 Å². The van der Waals surface area contributed by atoms with E-state index in [1.54, 1.807) is 0 Å². The predicted octanol–water partition coefficient (Wildman–Crippen LogP) is -15.7. The molecule has 7 aliphatic heterocycles.